The van der Waals surface area contributed by atoms with Crippen molar-refractivity contribution in [1.29, 1.82) is 0 Å². The number of hydrogen-bond acceptors (Lipinski definition) is 1. The van der Waals surface area contributed by atoms with Gasteiger partial charge in [-0.1, -0.05) is 42.5 Å². The number of nitrogens with zero attached hydrogens (tertiary/aromatic N) is 1. The minimum absolute atomic E-state index is 0.0208. The van der Waals surface area contributed by atoms with Crippen LogP contribution in [-0.2, 0) is 12.5 Å². The summed E-state index contributed by atoms with van der Waals surface area (Å²) in [6.07, 6.45) is 1.55. The molecule has 0 atom stereocenters. The van der Waals surface area contributed by atoms with Crippen LogP contribution in [0.5, 0.6) is 0 Å². The molecule has 1 aromatic carbocycles. The Morgan fingerprint density at radius 1 is 1.17 bits per heavy atom. The van der Waals surface area contributed by atoms with Crippen molar-refractivity contribution in [2.75, 3.05) is 0 Å². The summed E-state index contributed by atoms with van der Waals surface area (Å²) < 4.78 is 29.5. The molecule has 1 aromatic heterocycles. The molecule has 0 fully saturated rings. The molecule has 0 amide bonds. The van der Waals surface area contributed by atoms with Crippen LogP contribution in [0.1, 0.15) is 11.3 Å². The summed E-state index contributed by atoms with van der Waals surface area (Å²) in [5.74, 6) is -2.96. The molecule has 1 heterocycles. The smallest absolute Gasteiger partial charge is 0.290 e. The topological polar surface area (TPSA) is 30.9 Å². The minimum Gasteiger partial charge on any atom is -0.388 e. The molecule has 2 N–H and O–H groups in total. The summed E-state index contributed by atoms with van der Waals surface area (Å²) in [5, 5.41) is 0. The van der Waals surface area contributed by atoms with Gasteiger partial charge < -0.3 is 10.3 Å². The third-order valence-corrected chi connectivity index (χ3v) is 2.86. The van der Waals surface area contributed by atoms with Gasteiger partial charge >= 0.3 is 0 Å². The quantitative estimate of drug-likeness (QED) is 0.863. The fourth-order valence-electron chi connectivity index (χ4n) is 1.76. The molecule has 18 heavy (non-hydrogen) atoms. The first kappa shape index (κ1) is 12.7. The maximum Gasteiger partial charge on any atom is 0.290 e. The standard InChI is InChI=1S/C13H12F2N2S/c14-13(15,10-5-2-1-3-6-10)9-17-8-4-7-11(17)12(16)18/h1-8H,9H2,(H2,16,18). The fourth-order valence-corrected chi connectivity index (χ4v) is 1.95. The molecule has 0 aliphatic heterocycles. The Labute approximate surface area is 109 Å². The lowest BCUT2D eigenvalue weighted by Crippen LogP contribution is -2.24. The second-order valence-electron chi connectivity index (χ2n) is 3.96. The van der Waals surface area contributed by atoms with Crippen LogP contribution >= 0.6 is 12.2 Å². The summed E-state index contributed by atoms with van der Waals surface area (Å²) in [7, 11) is 0. The third kappa shape index (κ3) is 2.56. The van der Waals surface area contributed by atoms with Crippen molar-refractivity contribution in [2.45, 2.75) is 12.5 Å². The lowest BCUT2D eigenvalue weighted by Gasteiger charge is -2.19. The number of hydrogen-bond donors (Lipinski definition) is 1. The lowest BCUT2D eigenvalue weighted by molar-refractivity contribution is -0.0222. The molecule has 2 nitrogen and oxygen atoms in total. The first-order valence-corrected chi connectivity index (χ1v) is 5.80. The second kappa shape index (κ2) is 4.86. The molecule has 0 saturated carbocycles. The van der Waals surface area contributed by atoms with Crippen LogP contribution in [0.25, 0.3) is 0 Å². The van der Waals surface area contributed by atoms with Crippen LogP contribution in [0.4, 0.5) is 8.78 Å². The van der Waals surface area contributed by atoms with Crippen LogP contribution < -0.4 is 5.73 Å². The number of rotatable bonds is 4. The van der Waals surface area contributed by atoms with Crippen molar-refractivity contribution in [3.8, 4) is 0 Å². The molecule has 0 bridgehead atoms. The molecule has 2 rings (SSSR count). The van der Waals surface area contributed by atoms with Gasteiger partial charge in [0.25, 0.3) is 5.92 Å². The van der Waals surface area contributed by atoms with Gasteiger partial charge in [0.1, 0.15) is 4.99 Å². The fraction of sp³-hybridized carbons (Fsp3) is 0.154. The largest absolute Gasteiger partial charge is 0.388 e. The van der Waals surface area contributed by atoms with Gasteiger partial charge in [0.15, 0.2) is 0 Å². The van der Waals surface area contributed by atoms with Crippen molar-refractivity contribution in [1.82, 2.24) is 4.57 Å². The monoisotopic (exact) mass is 266 g/mol. The maximum atomic E-state index is 14.1. The molecular weight excluding hydrogens is 254 g/mol. The summed E-state index contributed by atoms with van der Waals surface area (Å²) in [5.41, 5.74) is 5.91. The molecule has 0 spiro atoms. The zero-order chi connectivity index (χ0) is 13.2. The van der Waals surface area contributed by atoms with E-state index in [0.717, 1.165) is 0 Å². The van der Waals surface area contributed by atoms with E-state index in [1.807, 2.05) is 0 Å². The van der Waals surface area contributed by atoms with Gasteiger partial charge in [-0.25, -0.2) is 0 Å². The normalized spacial score (nSPS) is 11.4. The van der Waals surface area contributed by atoms with Crippen molar-refractivity contribution < 1.29 is 8.78 Å². The van der Waals surface area contributed by atoms with Gasteiger partial charge in [0, 0.05) is 11.8 Å². The van der Waals surface area contributed by atoms with Crippen LogP contribution in [0.2, 0.25) is 0 Å². The van der Waals surface area contributed by atoms with E-state index in [9.17, 15) is 8.78 Å². The van der Waals surface area contributed by atoms with Crippen LogP contribution in [-0.4, -0.2) is 9.56 Å². The number of halogens is 2. The Morgan fingerprint density at radius 3 is 2.44 bits per heavy atom. The molecule has 5 heteroatoms. The average Bonchev–Trinajstić information content (AvgIpc) is 2.78. The van der Waals surface area contributed by atoms with Crippen molar-refractivity contribution >= 4 is 17.2 Å². The highest BCUT2D eigenvalue weighted by Crippen LogP contribution is 2.30. The highest BCUT2D eigenvalue weighted by molar-refractivity contribution is 7.80. The van der Waals surface area contributed by atoms with Crippen LogP contribution in [0.3, 0.4) is 0 Å². The summed E-state index contributed by atoms with van der Waals surface area (Å²) in [6.45, 7) is -0.476. The maximum absolute atomic E-state index is 14.1. The van der Waals surface area contributed by atoms with Crippen molar-refractivity contribution in [3.05, 3.63) is 59.9 Å². The summed E-state index contributed by atoms with van der Waals surface area (Å²) in [6, 6.07) is 11.0. The first-order chi connectivity index (χ1) is 8.50. The van der Waals surface area contributed by atoms with Gasteiger partial charge in [-0.2, -0.15) is 8.78 Å². The summed E-state index contributed by atoms with van der Waals surface area (Å²) in [4.78, 5) is 0.115. The van der Waals surface area contributed by atoms with E-state index >= 15 is 0 Å². The molecule has 0 unspecified atom stereocenters. The Kier molecular flexibility index (Phi) is 3.43. The van der Waals surface area contributed by atoms with E-state index in [0.29, 0.717) is 5.69 Å². The molecule has 2 aromatic rings. The molecular formula is C13H12F2N2S. The number of alkyl halides is 2. The third-order valence-electron chi connectivity index (χ3n) is 2.65. The van der Waals surface area contributed by atoms with Gasteiger partial charge in [-0.05, 0) is 12.1 Å². The minimum atomic E-state index is -2.96. The summed E-state index contributed by atoms with van der Waals surface area (Å²) >= 11 is 4.82. The first-order valence-electron chi connectivity index (χ1n) is 5.39. The highest BCUT2D eigenvalue weighted by atomic mass is 32.1. The zero-order valence-electron chi connectivity index (χ0n) is 9.51. The van der Waals surface area contributed by atoms with E-state index in [2.05, 4.69) is 0 Å². The Hall–Kier alpha value is -1.75. The van der Waals surface area contributed by atoms with Gasteiger partial charge in [0.05, 0.1) is 12.2 Å². The van der Waals surface area contributed by atoms with Gasteiger partial charge in [0.2, 0.25) is 0 Å². The van der Waals surface area contributed by atoms with Crippen LogP contribution in [0, 0.1) is 0 Å². The number of aromatic nitrogens is 1. The van der Waals surface area contributed by atoms with Gasteiger partial charge in [-0.15, -0.1) is 0 Å². The number of benzene rings is 1. The Bertz CT molecular complexity index is 549. The molecule has 0 aliphatic rings. The average molecular weight is 266 g/mol. The van der Waals surface area contributed by atoms with Crippen LogP contribution in [0.15, 0.2) is 48.7 Å². The second-order valence-corrected chi connectivity index (χ2v) is 4.40. The van der Waals surface area contributed by atoms with Crippen molar-refractivity contribution in [2.24, 2.45) is 5.73 Å². The Morgan fingerprint density at radius 2 is 1.83 bits per heavy atom. The predicted octanol–water partition coefficient (Wildman–Crippen LogP) is 2.91. The number of nitrogens with two attached hydrogens (primary N) is 1. The van der Waals surface area contributed by atoms with E-state index in [-0.39, 0.29) is 10.6 Å². The Balaban J connectivity index is 2.28. The molecule has 0 saturated heterocycles. The number of thiocarbonyl (C=S) groups is 1. The van der Waals surface area contributed by atoms with Crippen molar-refractivity contribution in [3.63, 3.8) is 0 Å². The SMILES string of the molecule is NC(=S)c1cccn1CC(F)(F)c1ccccc1. The van der Waals surface area contributed by atoms with E-state index < -0.39 is 12.5 Å². The zero-order valence-corrected chi connectivity index (χ0v) is 10.3. The lowest BCUT2D eigenvalue weighted by atomic mass is 10.1. The highest BCUT2D eigenvalue weighted by Gasteiger charge is 2.32. The van der Waals surface area contributed by atoms with E-state index in [4.69, 9.17) is 18.0 Å². The van der Waals surface area contributed by atoms with Gasteiger partial charge in [-0.3, -0.25) is 0 Å². The molecule has 94 valence electrons. The predicted molar refractivity (Wildman–Crippen MR) is 70.7 cm³/mol. The molecule has 0 aliphatic carbocycles. The van der Waals surface area contributed by atoms with E-state index in [1.165, 1.54) is 16.7 Å². The van der Waals surface area contributed by atoms with E-state index in [1.54, 1.807) is 36.5 Å². The molecule has 0 radical (unpaired) electrons.